The van der Waals surface area contributed by atoms with Gasteiger partial charge in [0.25, 0.3) is 0 Å². The van der Waals surface area contributed by atoms with Gasteiger partial charge < -0.3 is 10.0 Å². The molecular weight excluding hydrogens is 258 g/mol. The van der Waals surface area contributed by atoms with Crippen molar-refractivity contribution >= 4 is 0 Å². The third kappa shape index (κ3) is 7.63. The van der Waals surface area contributed by atoms with Gasteiger partial charge in [-0.1, -0.05) is 57.5 Å². The molecule has 1 N–H and O–H groups in total. The molecule has 0 bridgehead atoms. The van der Waals surface area contributed by atoms with Crippen LogP contribution in [0.2, 0.25) is 0 Å². The lowest BCUT2D eigenvalue weighted by atomic mass is 10.1. The Hall–Kier alpha value is -0.860. The van der Waals surface area contributed by atoms with Crippen LogP contribution in [0.4, 0.5) is 0 Å². The second kappa shape index (κ2) is 9.22. The van der Waals surface area contributed by atoms with Crippen LogP contribution < -0.4 is 0 Å². The molecule has 1 aromatic carbocycles. The van der Waals surface area contributed by atoms with E-state index in [1.54, 1.807) is 0 Å². The van der Waals surface area contributed by atoms with Crippen LogP contribution in [0, 0.1) is 18.8 Å². The largest absolute Gasteiger partial charge is 0.387 e. The topological polar surface area (TPSA) is 23.5 Å². The highest BCUT2D eigenvalue weighted by Gasteiger charge is 2.14. The SMILES string of the molecule is Cc1ccc(C(O)CN(CCC(C)C)CCC(C)C)cc1. The molecule has 0 aliphatic heterocycles. The maximum Gasteiger partial charge on any atom is 0.0916 e. The first kappa shape index (κ1) is 18.2. The Kier molecular flexibility index (Phi) is 7.98. The van der Waals surface area contributed by atoms with Crippen LogP contribution in [-0.2, 0) is 0 Å². The molecule has 1 aromatic rings. The van der Waals surface area contributed by atoms with Gasteiger partial charge in [-0.3, -0.25) is 0 Å². The van der Waals surface area contributed by atoms with Crippen molar-refractivity contribution in [2.45, 2.75) is 53.6 Å². The van der Waals surface area contributed by atoms with Gasteiger partial charge in [-0.25, -0.2) is 0 Å². The van der Waals surface area contributed by atoms with Crippen LogP contribution >= 0.6 is 0 Å². The third-order valence-electron chi connectivity index (χ3n) is 3.94. The molecule has 2 heteroatoms. The van der Waals surface area contributed by atoms with Gasteiger partial charge >= 0.3 is 0 Å². The van der Waals surface area contributed by atoms with Gasteiger partial charge in [-0.2, -0.15) is 0 Å². The maximum absolute atomic E-state index is 10.5. The average Bonchev–Trinajstić information content (AvgIpc) is 2.42. The van der Waals surface area contributed by atoms with Gasteiger partial charge in [-0.15, -0.1) is 0 Å². The summed E-state index contributed by atoms with van der Waals surface area (Å²) in [4.78, 5) is 2.42. The normalized spacial score (nSPS) is 13.4. The van der Waals surface area contributed by atoms with Crippen molar-refractivity contribution < 1.29 is 5.11 Å². The van der Waals surface area contributed by atoms with Crippen LogP contribution in [0.1, 0.15) is 57.8 Å². The minimum atomic E-state index is -0.384. The van der Waals surface area contributed by atoms with Crippen molar-refractivity contribution in [3.63, 3.8) is 0 Å². The molecule has 1 atom stereocenters. The molecule has 0 aromatic heterocycles. The van der Waals surface area contributed by atoms with Gasteiger partial charge in [0.05, 0.1) is 6.10 Å². The first-order valence-corrected chi connectivity index (χ1v) is 8.35. The summed E-state index contributed by atoms with van der Waals surface area (Å²) < 4.78 is 0. The van der Waals surface area contributed by atoms with Gasteiger partial charge in [-0.05, 0) is 50.3 Å². The van der Waals surface area contributed by atoms with Gasteiger partial charge in [0.2, 0.25) is 0 Å². The standard InChI is InChI=1S/C19H33NO/c1-15(2)10-12-20(13-11-16(3)4)14-19(21)18-8-6-17(5)7-9-18/h6-9,15-16,19,21H,10-14H2,1-5H3. The molecule has 0 spiro atoms. The van der Waals surface area contributed by atoms with E-state index in [2.05, 4.69) is 51.7 Å². The summed E-state index contributed by atoms with van der Waals surface area (Å²) in [5.74, 6) is 1.42. The summed E-state index contributed by atoms with van der Waals surface area (Å²) in [6, 6.07) is 8.24. The molecule has 1 rings (SSSR count). The highest BCUT2D eigenvalue weighted by atomic mass is 16.3. The fourth-order valence-electron chi connectivity index (χ4n) is 2.31. The quantitative estimate of drug-likeness (QED) is 0.728. The number of hydrogen-bond donors (Lipinski definition) is 1. The second-order valence-electron chi connectivity index (χ2n) is 7.09. The molecule has 0 saturated heterocycles. The van der Waals surface area contributed by atoms with E-state index >= 15 is 0 Å². The monoisotopic (exact) mass is 291 g/mol. The molecule has 120 valence electrons. The van der Waals surface area contributed by atoms with Crippen molar-refractivity contribution in [2.75, 3.05) is 19.6 Å². The van der Waals surface area contributed by atoms with Gasteiger partial charge in [0, 0.05) is 6.54 Å². The van der Waals surface area contributed by atoms with Crippen molar-refractivity contribution in [2.24, 2.45) is 11.8 Å². The molecule has 0 fully saturated rings. The Bertz CT molecular complexity index is 371. The highest BCUT2D eigenvalue weighted by molar-refractivity contribution is 5.23. The van der Waals surface area contributed by atoms with E-state index in [9.17, 15) is 5.11 Å². The van der Waals surface area contributed by atoms with Crippen LogP contribution in [-0.4, -0.2) is 29.6 Å². The summed E-state index contributed by atoms with van der Waals surface area (Å²) in [6.07, 6.45) is 2.00. The predicted molar refractivity (Wildman–Crippen MR) is 91.5 cm³/mol. The number of aliphatic hydroxyl groups is 1. The first-order valence-electron chi connectivity index (χ1n) is 8.35. The van der Waals surface area contributed by atoms with E-state index in [1.807, 2.05) is 12.1 Å². The van der Waals surface area contributed by atoms with Crippen molar-refractivity contribution in [1.29, 1.82) is 0 Å². The predicted octanol–water partition coefficient (Wildman–Crippen LogP) is 4.42. The third-order valence-corrected chi connectivity index (χ3v) is 3.94. The first-order chi connectivity index (χ1) is 9.88. The Balaban J connectivity index is 2.58. The van der Waals surface area contributed by atoms with Crippen LogP contribution in [0.5, 0.6) is 0 Å². The second-order valence-corrected chi connectivity index (χ2v) is 7.09. The summed E-state index contributed by atoms with van der Waals surface area (Å²) in [5.41, 5.74) is 2.27. The number of hydrogen-bond acceptors (Lipinski definition) is 2. The Morgan fingerprint density at radius 2 is 1.38 bits per heavy atom. The Morgan fingerprint density at radius 1 is 0.905 bits per heavy atom. The zero-order valence-electron chi connectivity index (χ0n) is 14.5. The Labute approximate surface area is 131 Å². The molecule has 2 nitrogen and oxygen atoms in total. The van der Waals surface area contributed by atoms with Crippen LogP contribution in [0.15, 0.2) is 24.3 Å². The van der Waals surface area contributed by atoms with E-state index < -0.39 is 0 Å². The zero-order chi connectivity index (χ0) is 15.8. The van der Waals surface area contributed by atoms with Crippen LogP contribution in [0.25, 0.3) is 0 Å². The van der Waals surface area contributed by atoms with Crippen LogP contribution in [0.3, 0.4) is 0 Å². The summed E-state index contributed by atoms with van der Waals surface area (Å²) in [5, 5.41) is 10.5. The zero-order valence-corrected chi connectivity index (χ0v) is 14.5. The van der Waals surface area contributed by atoms with E-state index in [1.165, 1.54) is 18.4 Å². The smallest absolute Gasteiger partial charge is 0.0916 e. The van der Waals surface area contributed by atoms with Crippen molar-refractivity contribution in [3.05, 3.63) is 35.4 Å². The molecule has 0 heterocycles. The van der Waals surface area contributed by atoms with E-state index in [0.717, 1.165) is 25.2 Å². The van der Waals surface area contributed by atoms with E-state index in [-0.39, 0.29) is 6.10 Å². The molecule has 0 aliphatic rings. The molecule has 21 heavy (non-hydrogen) atoms. The maximum atomic E-state index is 10.5. The molecule has 0 amide bonds. The number of aliphatic hydroxyl groups excluding tert-OH is 1. The average molecular weight is 291 g/mol. The lowest BCUT2D eigenvalue weighted by Gasteiger charge is -2.26. The molecule has 0 saturated carbocycles. The number of nitrogens with zero attached hydrogens (tertiary/aromatic N) is 1. The molecule has 0 aliphatic carbocycles. The van der Waals surface area contributed by atoms with Gasteiger partial charge in [0.15, 0.2) is 0 Å². The summed E-state index contributed by atoms with van der Waals surface area (Å²) in [6.45, 7) is 14.0. The number of aryl methyl sites for hydroxylation is 1. The van der Waals surface area contributed by atoms with Gasteiger partial charge in [0.1, 0.15) is 0 Å². The Morgan fingerprint density at radius 3 is 1.81 bits per heavy atom. The molecule has 0 radical (unpaired) electrons. The number of benzene rings is 1. The minimum Gasteiger partial charge on any atom is -0.387 e. The lowest BCUT2D eigenvalue weighted by Crippen LogP contribution is -2.32. The lowest BCUT2D eigenvalue weighted by molar-refractivity contribution is 0.107. The van der Waals surface area contributed by atoms with E-state index in [4.69, 9.17) is 0 Å². The molecule has 1 unspecified atom stereocenters. The summed E-state index contributed by atoms with van der Waals surface area (Å²) in [7, 11) is 0. The van der Waals surface area contributed by atoms with E-state index in [0.29, 0.717) is 11.8 Å². The van der Waals surface area contributed by atoms with Crippen molar-refractivity contribution in [3.8, 4) is 0 Å². The number of rotatable bonds is 9. The fraction of sp³-hybridized carbons (Fsp3) is 0.684. The minimum absolute atomic E-state index is 0.384. The highest BCUT2D eigenvalue weighted by Crippen LogP contribution is 2.17. The van der Waals surface area contributed by atoms with Crippen molar-refractivity contribution in [1.82, 2.24) is 4.90 Å². The fourth-order valence-corrected chi connectivity index (χ4v) is 2.31. The summed E-state index contributed by atoms with van der Waals surface area (Å²) >= 11 is 0. The molecular formula is C19H33NO.